The molecule has 0 fully saturated rings. The number of aliphatic carboxylic acids is 1. The molecule has 0 aliphatic carbocycles. The van der Waals surface area contributed by atoms with Gasteiger partial charge in [0.05, 0.1) is 6.54 Å². The Hall–Kier alpha value is -2.05. The molecule has 0 bridgehead atoms. The predicted octanol–water partition coefficient (Wildman–Crippen LogP) is 0.719. The summed E-state index contributed by atoms with van der Waals surface area (Å²) in [6, 6.07) is -1.38. The van der Waals surface area contributed by atoms with E-state index in [1.165, 1.54) is 0 Å². The molecule has 1 aromatic heterocycles. The summed E-state index contributed by atoms with van der Waals surface area (Å²) in [6.07, 6.45) is 3.80. The Balaban J connectivity index is 2.45. The molecule has 0 radical (unpaired) electrons. The Morgan fingerprint density at radius 2 is 2.16 bits per heavy atom. The van der Waals surface area contributed by atoms with Crippen molar-refractivity contribution in [3.05, 3.63) is 18.2 Å². The first kappa shape index (κ1) is 15.0. The number of nitrogens with one attached hydrogen (secondary N) is 2. The van der Waals surface area contributed by atoms with E-state index in [0.717, 1.165) is 0 Å². The van der Waals surface area contributed by atoms with E-state index in [4.69, 9.17) is 5.11 Å². The number of urea groups is 1. The van der Waals surface area contributed by atoms with Crippen molar-refractivity contribution in [3.8, 4) is 0 Å². The van der Waals surface area contributed by atoms with E-state index in [1.54, 1.807) is 17.0 Å². The molecule has 1 rings (SSSR count). The molecule has 106 valence electrons. The molecule has 0 unspecified atom stereocenters. The molecule has 0 spiro atoms. The van der Waals surface area contributed by atoms with Gasteiger partial charge >= 0.3 is 12.0 Å². The van der Waals surface area contributed by atoms with Crippen LogP contribution in [-0.4, -0.2) is 32.7 Å². The molecule has 3 N–H and O–H groups in total. The summed E-state index contributed by atoms with van der Waals surface area (Å²) in [5.74, 6) is -0.136. The molecule has 1 aromatic rings. The van der Waals surface area contributed by atoms with Crippen LogP contribution in [0.15, 0.2) is 12.4 Å². The minimum Gasteiger partial charge on any atom is -0.480 e. The van der Waals surface area contributed by atoms with Crippen LogP contribution in [0, 0.1) is 5.92 Å². The molecule has 0 saturated heterocycles. The number of aromatic nitrogens is 2. The SMILES string of the molecule is CC(C)C[C@@H](NC(=O)NCc1nccn1C)C(=O)O. The van der Waals surface area contributed by atoms with E-state index in [-0.39, 0.29) is 12.5 Å². The van der Waals surface area contributed by atoms with E-state index in [1.807, 2.05) is 20.9 Å². The third-order valence-corrected chi connectivity index (χ3v) is 2.64. The van der Waals surface area contributed by atoms with Gasteiger partial charge in [-0.15, -0.1) is 0 Å². The molecule has 0 aliphatic heterocycles. The standard InChI is InChI=1S/C12H20N4O3/c1-8(2)6-9(11(17)18)15-12(19)14-7-10-13-4-5-16(10)3/h4-5,8-9H,6-7H2,1-3H3,(H,17,18)(H2,14,15,19)/t9-/m1/s1. The fraction of sp³-hybridized carbons (Fsp3) is 0.583. The van der Waals surface area contributed by atoms with E-state index < -0.39 is 18.0 Å². The molecular weight excluding hydrogens is 248 g/mol. The van der Waals surface area contributed by atoms with Gasteiger partial charge in [0.1, 0.15) is 11.9 Å². The fourth-order valence-corrected chi connectivity index (χ4v) is 1.63. The van der Waals surface area contributed by atoms with Crippen molar-refractivity contribution in [2.75, 3.05) is 0 Å². The molecule has 7 nitrogen and oxygen atoms in total. The second kappa shape index (κ2) is 6.77. The van der Waals surface area contributed by atoms with Gasteiger partial charge in [-0.3, -0.25) is 0 Å². The summed E-state index contributed by atoms with van der Waals surface area (Å²) in [5.41, 5.74) is 0. The maximum absolute atomic E-state index is 11.6. The normalized spacial score (nSPS) is 12.2. The monoisotopic (exact) mass is 268 g/mol. The first-order valence-corrected chi connectivity index (χ1v) is 6.13. The molecule has 1 heterocycles. The molecule has 7 heteroatoms. The number of rotatable bonds is 6. The number of hydrogen-bond acceptors (Lipinski definition) is 3. The van der Waals surface area contributed by atoms with Gasteiger partial charge in [0.2, 0.25) is 0 Å². The number of hydrogen-bond donors (Lipinski definition) is 3. The largest absolute Gasteiger partial charge is 0.480 e. The molecular formula is C12H20N4O3. The number of carboxylic acids is 1. The highest BCUT2D eigenvalue weighted by atomic mass is 16.4. The summed E-state index contributed by atoms with van der Waals surface area (Å²) in [4.78, 5) is 26.7. The molecule has 0 saturated carbocycles. The van der Waals surface area contributed by atoms with Crippen LogP contribution in [0.4, 0.5) is 4.79 Å². The average molecular weight is 268 g/mol. The van der Waals surface area contributed by atoms with Crippen LogP contribution in [0.3, 0.4) is 0 Å². The van der Waals surface area contributed by atoms with Crippen LogP contribution in [-0.2, 0) is 18.4 Å². The summed E-state index contributed by atoms with van der Waals surface area (Å²) < 4.78 is 1.78. The van der Waals surface area contributed by atoms with Gasteiger partial charge in [-0.25, -0.2) is 14.6 Å². The van der Waals surface area contributed by atoms with Crippen LogP contribution in [0.1, 0.15) is 26.1 Å². The van der Waals surface area contributed by atoms with Crippen molar-refractivity contribution in [2.45, 2.75) is 32.9 Å². The van der Waals surface area contributed by atoms with Crippen molar-refractivity contribution in [3.63, 3.8) is 0 Å². The minimum absolute atomic E-state index is 0.191. The van der Waals surface area contributed by atoms with Crippen molar-refractivity contribution in [1.82, 2.24) is 20.2 Å². The summed E-state index contributed by atoms with van der Waals surface area (Å²) >= 11 is 0. The van der Waals surface area contributed by atoms with Crippen molar-refractivity contribution >= 4 is 12.0 Å². The second-order valence-electron chi connectivity index (χ2n) is 4.80. The number of aryl methyl sites for hydroxylation is 1. The first-order valence-electron chi connectivity index (χ1n) is 6.13. The maximum atomic E-state index is 11.6. The molecule has 0 aromatic carbocycles. The molecule has 19 heavy (non-hydrogen) atoms. The highest BCUT2D eigenvalue weighted by Gasteiger charge is 2.20. The highest BCUT2D eigenvalue weighted by Crippen LogP contribution is 2.04. The van der Waals surface area contributed by atoms with Gasteiger partial charge in [-0.05, 0) is 12.3 Å². The van der Waals surface area contributed by atoms with Crippen molar-refractivity contribution < 1.29 is 14.7 Å². The lowest BCUT2D eigenvalue weighted by atomic mass is 10.0. The van der Waals surface area contributed by atoms with E-state index in [9.17, 15) is 9.59 Å². The zero-order chi connectivity index (χ0) is 14.4. The Morgan fingerprint density at radius 3 is 2.63 bits per heavy atom. The van der Waals surface area contributed by atoms with Gasteiger partial charge in [-0.1, -0.05) is 13.8 Å². The Morgan fingerprint density at radius 1 is 1.47 bits per heavy atom. The molecule has 1 atom stereocenters. The zero-order valence-electron chi connectivity index (χ0n) is 11.4. The summed E-state index contributed by atoms with van der Waals surface area (Å²) in [5, 5.41) is 14.0. The number of amides is 2. The first-order chi connectivity index (χ1) is 8.90. The topological polar surface area (TPSA) is 96.3 Å². The third-order valence-electron chi connectivity index (χ3n) is 2.64. The lowest BCUT2D eigenvalue weighted by Crippen LogP contribution is -2.46. The lowest BCUT2D eigenvalue weighted by molar-refractivity contribution is -0.139. The van der Waals surface area contributed by atoms with Gasteiger partial charge in [0.15, 0.2) is 0 Å². The van der Waals surface area contributed by atoms with Crippen LogP contribution in [0.5, 0.6) is 0 Å². The smallest absolute Gasteiger partial charge is 0.326 e. The Labute approximate surface area is 112 Å². The summed E-state index contributed by atoms with van der Waals surface area (Å²) in [7, 11) is 1.82. The van der Waals surface area contributed by atoms with Gasteiger partial charge in [0, 0.05) is 19.4 Å². The van der Waals surface area contributed by atoms with E-state index in [0.29, 0.717) is 12.2 Å². The molecule has 0 aliphatic rings. The number of carbonyl (C=O) groups is 2. The van der Waals surface area contributed by atoms with Crippen LogP contribution < -0.4 is 10.6 Å². The quantitative estimate of drug-likeness (QED) is 0.708. The fourth-order valence-electron chi connectivity index (χ4n) is 1.63. The van der Waals surface area contributed by atoms with Gasteiger partial charge < -0.3 is 20.3 Å². The number of imidazole rings is 1. The average Bonchev–Trinajstić information content (AvgIpc) is 2.70. The Kier molecular flexibility index (Phi) is 5.35. The maximum Gasteiger partial charge on any atom is 0.326 e. The molecule has 2 amide bonds. The minimum atomic E-state index is -1.03. The van der Waals surface area contributed by atoms with Gasteiger partial charge in [-0.2, -0.15) is 0 Å². The number of nitrogens with zero attached hydrogens (tertiary/aromatic N) is 2. The van der Waals surface area contributed by atoms with E-state index in [2.05, 4.69) is 15.6 Å². The van der Waals surface area contributed by atoms with Crippen LogP contribution in [0.2, 0.25) is 0 Å². The third kappa shape index (κ3) is 4.99. The lowest BCUT2D eigenvalue weighted by Gasteiger charge is -2.16. The predicted molar refractivity (Wildman–Crippen MR) is 69.5 cm³/mol. The number of carbonyl (C=O) groups excluding carboxylic acids is 1. The van der Waals surface area contributed by atoms with Crippen molar-refractivity contribution in [1.29, 1.82) is 0 Å². The van der Waals surface area contributed by atoms with E-state index >= 15 is 0 Å². The van der Waals surface area contributed by atoms with Crippen LogP contribution >= 0.6 is 0 Å². The van der Waals surface area contributed by atoms with Gasteiger partial charge in [0.25, 0.3) is 0 Å². The van der Waals surface area contributed by atoms with Crippen LogP contribution in [0.25, 0.3) is 0 Å². The van der Waals surface area contributed by atoms with Crippen molar-refractivity contribution in [2.24, 2.45) is 13.0 Å². The zero-order valence-corrected chi connectivity index (χ0v) is 11.4. The second-order valence-corrected chi connectivity index (χ2v) is 4.80. The summed E-state index contributed by atoms with van der Waals surface area (Å²) in [6.45, 7) is 4.07. The Bertz CT molecular complexity index is 442. The number of carboxylic acid groups (broad SMARTS) is 1. The highest BCUT2D eigenvalue weighted by molar-refractivity contribution is 5.82.